The lowest BCUT2D eigenvalue weighted by molar-refractivity contribution is 0.0710. The number of nitrogens with zero attached hydrogens (tertiary/aromatic N) is 1. The van der Waals surface area contributed by atoms with Crippen molar-refractivity contribution in [2.45, 2.75) is 19.9 Å². The molecule has 14 heavy (non-hydrogen) atoms. The summed E-state index contributed by atoms with van der Waals surface area (Å²) in [5, 5.41) is 8.51. The van der Waals surface area contributed by atoms with Crippen LogP contribution >= 0.6 is 12.2 Å². The van der Waals surface area contributed by atoms with Gasteiger partial charge in [0, 0.05) is 19.1 Å². The number of hydrogen-bond donors (Lipinski definition) is 2. The SMILES string of the molecule is CC(C)N(CCOCCO)CC(N)=S. The molecule has 0 saturated heterocycles. The van der Waals surface area contributed by atoms with Crippen molar-refractivity contribution >= 4 is 17.2 Å². The van der Waals surface area contributed by atoms with Crippen LogP contribution in [0.1, 0.15) is 13.8 Å². The molecule has 5 heteroatoms. The Bertz CT molecular complexity index is 165. The van der Waals surface area contributed by atoms with Crippen LogP contribution in [0.4, 0.5) is 0 Å². The third-order valence-electron chi connectivity index (χ3n) is 1.85. The maximum absolute atomic E-state index is 8.51. The van der Waals surface area contributed by atoms with Crippen LogP contribution in [0.25, 0.3) is 0 Å². The molecule has 84 valence electrons. The molecule has 0 fully saturated rings. The lowest BCUT2D eigenvalue weighted by atomic mass is 10.3. The summed E-state index contributed by atoms with van der Waals surface area (Å²) in [6.45, 7) is 6.64. The summed E-state index contributed by atoms with van der Waals surface area (Å²) in [4.78, 5) is 2.64. The van der Waals surface area contributed by atoms with E-state index >= 15 is 0 Å². The highest BCUT2D eigenvalue weighted by atomic mass is 32.1. The van der Waals surface area contributed by atoms with Crippen LogP contribution in [0.15, 0.2) is 0 Å². The van der Waals surface area contributed by atoms with Crippen molar-refractivity contribution in [1.29, 1.82) is 0 Å². The topological polar surface area (TPSA) is 58.7 Å². The van der Waals surface area contributed by atoms with E-state index in [1.807, 2.05) is 0 Å². The second-order valence-electron chi connectivity index (χ2n) is 3.37. The van der Waals surface area contributed by atoms with Gasteiger partial charge < -0.3 is 15.6 Å². The maximum Gasteiger partial charge on any atom is 0.0870 e. The van der Waals surface area contributed by atoms with Crippen LogP contribution in [0.2, 0.25) is 0 Å². The van der Waals surface area contributed by atoms with Gasteiger partial charge in [0.2, 0.25) is 0 Å². The predicted molar refractivity (Wildman–Crippen MR) is 61.4 cm³/mol. The second-order valence-corrected chi connectivity index (χ2v) is 3.89. The van der Waals surface area contributed by atoms with Gasteiger partial charge in [0.25, 0.3) is 0 Å². The second kappa shape index (κ2) is 8.11. The Hall–Kier alpha value is -0.230. The number of aliphatic hydroxyl groups excluding tert-OH is 1. The minimum absolute atomic E-state index is 0.0664. The fourth-order valence-corrected chi connectivity index (χ4v) is 1.23. The molecule has 0 spiro atoms. The largest absolute Gasteiger partial charge is 0.394 e. The molecule has 0 aliphatic heterocycles. The fourth-order valence-electron chi connectivity index (χ4n) is 1.07. The van der Waals surface area contributed by atoms with Crippen LogP contribution < -0.4 is 5.73 Å². The molecule has 0 radical (unpaired) electrons. The maximum atomic E-state index is 8.51. The van der Waals surface area contributed by atoms with Gasteiger partial charge in [-0.2, -0.15) is 0 Å². The van der Waals surface area contributed by atoms with Gasteiger partial charge in [0.1, 0.15) is 0 Å². The van der Waals surface area contributed by atoms with E-state index in [1.54, 1.807) is 0 Å². The van der Waals surface area contributed by atoms with E-state index < -0.39 is 0 Å². The third-order valence-corrected chi connectivity index (χ3v) is 1.98. The molecule has 0 aliphatic carbocycles. The minimum Gasteiger partial charge on any atom is -0.394 e. The zero-order chi connectivity index (χ0) is 11.0. The van der Waals surface area contributed by atoms with Gasteiger partial charge in [-0.1, -0.05) is 12.2 Å². The molecular weight excluding hydrogens is 200 g/mol. The highest BCUT2D eigenvalue weighted by molar-refractivity contribution is 7.80. The Kier molecular flexibility index (Phi) is 7.98. The molecule has 0 aromatic rings. The smallest absolute Gasteiger partial charge is 0.0870 e. The first-order valence-electron chi connectivity index (χ1n) is 4.79. The summed E-state index contributed by atoms with van der Waals surface area (Å²) in [6, 6.07) is 0.397. The van der Waals surface area contributed by atoms with E-state index in [-0.39, 0.29) is 6.61 Å². The molecule has 4 nitrogen and oxygen atoms in total. The van der Waals surface area contributed by atoms with Gasteiger partial charge in [-0.3, -0.25) is 4.90 Å². The molecule has 0 rings (SSSR count). The summed E-state index contributed by atoms with van der Waals surface area (Å²) >= 11 is 4.85. The number of aliphatic hydroxyl groups is 1. The third kappa shape index (κ3) is 7.20. The van der Waals surface area contributed by atoms with E-state index in [2.05, 4.69) is 18.7 Å². The number of hydrogen-bond acceptors (Lipinski definition) is 4. The molecule has 0 amide bonds. The molecule has 0 aromatic carbocycles. The van der Waals surface area contributed by atoms with Crippen molar-refractivity contribution in [2.24, 2.45) is 5.73 Å². The van der Waals surface area contributed by atoms with Crippen molar-refractivity contribution in [1.82, 2.24) is 4.90 Å². The molecular formula is C9H20N2O2S. The average Bonchev–Trinajstić information content (AvgIpc) is 2.09. The monoisotopic (exact) mass is 220 g/mol. The van der Waals surface area contributed by atoms with Crippen molar-refractivity contribution < 1.29 is 9.84 Å². The Morgan fingerprint density at radius 1 is 1.50 bits per heavy atom. The highest BCUT2D eigenvalue weighted by Gasteiger charge is 2.09. The first-order chi connectivity index (χ1) is 6.57. The molecule has 0 heterocycles. The van der Waals surface area contributed by atoms with E-state index in [1.165, 1.54) is 0 Å². The zero-order valence-electron chi connectivity index (χ0n) is 8.90. The van der Waals surface area contributed by atoms with Crippen molar-refractivity contribution in [3.05, 3.63) is 0 Å². The molecule has 0 atom stereocenters. The highest BCUT2D eigenvalue weighted by Crippen LogP contribution is 1.97. The van der Waals surface area contributed by atoms with Crippen molar-refractivity contribution in [3.8, 4) is 0 Å². The molecule has 0 aliphatic rings. The summed E-state index contributed by atoms with van der Waals surface area (Å²) < 4.78 is 5.17. The number of nitrogens with two attached hydrogens (primary N) is 1. The summed E-state index contributed by atoms with van der Waals surface area (Å²) in [7, 11) is 0. The van der Waals surface area contributed by atoms with E-state index in [4.69, 9.17) is 27.8 Å². The first-order valence-corrected chi connectivity index (χ1v) is 5.19. The summed E-state index contributed by atoms with van der Waals surface area (Å²) in [6.07, 6.45) is 0. The van der Waals surface area contributed by atoms with Crippen LogP contribution in [-0.4, -0.2) is 53.9 Å². The zero-order valence-corrected chi connectivity index (χ0v) is 9.72. The van der Waals surface area contributed by atoms with Gasteiger partial charge in [-0.05, 0) is 13.8 Å². The van der Waals surface area contributed by atoms with Crippen molar-refractivity contribution in [2.75, 3.05) is 32.9 Å². The number of rotatable bonds is 8. The molecule has 0 unspecified atom stereocenters. The Morgan fingerprint density at radius 3 is 2.57 bits per heavy atom. The van der Waals surface area contributed by atoms with Crippen LogP contribution in [0.5, 0.6) is 0 Å². The molecule has 0 saturated carbocycles. The number of thiocarbonyl (C=S) groups is 1. The quantitative estimate of drug-likeness (QED) is 0.445. The standard InChI is InChI=1S/C9H20N2O2S/c1-8(2)11(7-9(10)14)3-5-13-6-4-12/h8,12H,3-7H2,1-2H3,(H2,10,14). The normalized spacial score (nSPS) is 11.2. The Balaban J connectivity index is 3.68. The molecule has 0 bridgehead atoms. The van der Waals surface area contributed by atoms with Crippen LogP contribution in [0.3, 0.4) is 0 Å². The van der Waals surface area contributed by atoms with Gasteiger partial charge >= 0.3 is 0 Å². The van der Waals surface area contributed by atoms with Gasteiger partial charge in [-0.25, -0.2) is 0 Å². The summed E-state index contributed by atoms with van der Waals surface area (Å²) in [5.74, 6) is 0. The van der Waals surface area contributed by atoms with Gasteiger partial charge in [-0.15, -0.1) is 0 Å². The molecule has 0 aromatic heterocycles. The lowest BCUT2D eigenvalue weighted by Gasteiger charge is -2.25. The van der Waals surface area contributed by atoms with Crippen molar-refractivity contribution in [3.63, 3.8) is 0 Å². The first kappa shape index (κ1) is 13.8. The average molecular weight is 220 g/mol. The van der Waals surface area contributed by atoms with E-state index in [0.29, 0.717) is 30.8 Å². The van der Waals surface area contributed by atoms with Gasteiger partial charge in [0.05, 0.1) is 24.8 Å². The van der Waals surface area contributed by atoms with E-state index in [9.17, 15) is 0 Å². The molecule has 3 N–H and O–H groups in total. The van der Waals surface area contributed by atoms with E-state index in [0.717, 1.165) is 6.54 Å². The predicted octanol–water partition coefficient (Wildman–Crippen LogP) is -0.00820. The van der Waals surface area contributed by atoms with Gasteiger partial charge in [0.15, 0.2) is 0 Å². The number of ether oxygens (including phenoxy) is 1. The fraction of sp³-hybridized carbons (Fsp3) is 0.889. The lowest BCUT2D eigenvalue weighted by Crippen LogP contribution is -2.39. The summed E-state index contributed by atoms with van der Waals surface area (Å²) in [5.41, 5.74) is 5.47. The minimum atomic E-state index is 0.0664. The Labute approximate surface area is 91.0 Å². The Morgan fingerprint density at radius 2 is 2.14 bits per heavy atom. The van der Waals surface area contributed by atoms with Crippen LogP contribution in [-0.2, 0) is 4.74 Å². The van der Waals surface area contributed by atoms with Crippen LogP contribution in [0, 0.1) is 0 Å².